The Morgan fingerprint density at radius 1 is 1.32 bits per heavy atom. The second kappa shape index (κ2) is 6.33. The van der Waals surface area contributed by atoms with Gasteiger partial charge in [0.2, 0.25) is 5.91 Å². The lowest BCUT2D eigenvalue weighted by molar-refractivity contribution is -0.121. The van der Waals surface area contributed by atoms with Gasteiger partial charge in [-0.2, -0.15) is 5.10 Å². The van der Waals surface area contributed by atoms with E-state index in [-0.39, 0.29) is 23.7 Å². The number of carbonyl (C=O) groups is 2. The molecule has 2 rings (SSSR count). The summed E-state index contributed by atoms with van der Waals surface area (Å²) in [5.74, 6) is -3.04. The topological polar surface area (TPSA) is 76.0 Å². The van der Waals surface area contributed by atoms with Crippen molar-refractivity contribution in [2.45, 2.75) is 13.5 Å². The molecule has 0 aliphatic rings. The molecule has 0 unspecified atom stereocenters. The first kappa shape index (κ1) is 15.6. The van der Waals surface area contributed by atoms with Gasteiger partial charge >= 0.3 is 0 Å². The van der Waals surface area contributed by atoms with Crippen molar-refractivity contribution in [1.29, 1.82) is 0 Å². The highest BCUT2D eigenvalue weighted by Gasteiger charge is 2.19. The van der Waals surface area contributed by atoms with Crippen molar-refractivity contribution in [3.05, 3.63) is 47.3 Å². The molecule has 22 heavy (non-hydrogen) atoms. The molecular weight excluding hydrogens is 294 g/mol. The number of likely N-dealkylation sites (N-methyl/N-ethyl adjacent to an activating group) is 1. The molecule has 1 heterocycles. The Bertz CT molecular complexity index is 728. The Balaban J connectivity index is 2.16. The van der Waals surface area contributed by atoms with Crippen LogP contribution in [0.1, 0.15) is 15.9 Å². The molecule has 0 fully saturated rings. The van der Waals surface area contributed by atoms with Crippen LogP contribution in [-0.4, -0.2) is 28.6 Å². The predicted molar refractivity (Wildman–Crippen MR) is 75.3 cm³/mol. The van der Waals surface area contributed by atoms with Crippen molar-refractivity contribution in [2.75, 3.05) is 12.4 Å². The van der Waals surface area contributed by atoms with Crippen LogP contribution in [0.25, 0.3) is 0 Å². The van der Waals surface area contributed by atoms with Crippen molar-refractivity contribution in [3.63, 3.8) is 0 Å². The highest BCUT2D eigenvalue weighted by Crippen LogP contribution is 2.18. The zero-order valence-corrected chi connectivity index (χ0v) is 12.0. The molecule has 0 aliphatic carbocycles. The molecule has 0 radical (unpaired) electrons. The first-order valence-electron chi connectivity index (χ1n) is 6.41. The normalized spacial score (nSPS) is 10.4. The maximum atomic E-state index is 13.9. The van der Waals surface area contributed by atoms with Gasteiger partial charge in [-0.15, -0.1) is 0 Å². The summed E-state index contributed by atoms with van der Waals surface area (Å²) in [6, 6.07) is 2.28. The maximum absolute atomic E-state index is 13.9. The third-order valence-electron chi connectivity index (χ3n) is 2.99. The summed E-state index contributed by atoms with van der Waals surface area (Å²) in [5, 5.41) is 8.64. The lowest BCUT2D eigenvalue weighted by Gasteiger charge is -2.07. The third kappa shape index (κ3) is 3.27. The van der Waals surface area contributed by atoms with E-state index in [0.29, 0.717) is 0 Å². The number of aryl methyl sites for hydroxylation is 1. The van der Waals surface area contributed by atoms with Gasteiger partial charge in [-0.05, 0) is 18.6 Å². The lowest BCUT2D eigenvalue weighted by atomic mass is 10.1. The fraction of sp³-hybridized carbons (Fsp3) is 0.214. The highest BCUT2D eigenvalue weighted by molar-refractivity contribution is 6.04. The summed E-state index contributed by atoms with van der Waals surface area (Å²) < 4.78 is 28.8. The third-order valence-corrected chi connectivity index (χ3v) is 2.99. The molecule has 6 nitrogen and oxygen atoms in total. The number of hydrogen-bond acceptors (Lipinski definition) is 3. The Kier molecular flexibility index (Phi) is 4.50. The molecule has 0 spiro atoms. The second-order valence-corrected chi connectivity index (χ2v) is 4.61. The van der Waals surface area contributed by atoms with E-state index in [2.05, 4.69) is 15.7 Å². The number of halogens is 2. The molecule has 0 aliphatic heterocycles. The largest absolute Gasteiger partial charge is 0.358 e. The summed E-state index contributed by atoms with van der Waals surface area (Å²) in [5.41, 5.74) is -0.255. The number of amides is 2. The highest BCUT2D eigenvalue weighted by atomic mass is 19.1. The molecule has 0 bridgehead atoms. The Morgan fingerprint density at radius 3 is 2.73 bits per heavy atom. The molecule has 0 saturated heterocycles. The molecule has 0 atom stereocenters. The predicted octanol–water partition coefficient (Wildman–Crippen LogP) is 1.47. The minimum atomic E-state index is -0.946. The van der Waals surface area contributed by atoms with Gasteiger partial charge in [-0.3, -0.25) is 14.3 Å². The number of nitrogens with zero attached hydrogens (tertiary/aromatic N) is 2. The molecule has 8 heteroatoms. The summed E-state index contributed by atoms with van der Waals surface area (Å²) in [4.78, 5) is 23.2. The van der Waals surface area contributed by atoms with Crippen LogP contribution < -0.4 is 10.6 Å². The lowest BCUT2D eigenvalue weighted by Crippen LogP contribution is -2.23. The van der Waals surface area contributed by atoms with E-state index in [1.807, 2.05) is 0 Å². The van der Waals surface area contributed by atoms with Gasteiger partial charge in [0.05, 0.1) is 11.9 Å². The fourth-order valence-corrected chi connectivity index (χ4v) is 1.80. The summed E-state index contributed by atoms with van der Waals surface area (Å²) in [6.45, 7) is 1.41. The van der Waals surface area contributed by atoms with Gasteiger partial charge in [-0.25, -0.2) is 8.78 Å². The first-order valence-corrected chi connectivity index (χ1v) is 6.41. The van der Waals surface area contributed by atoms with E-state index in [9.17, 15) is 18.4 Å². The van der Waals surface area contributed by atoms with Crippen molar-refractivity contribution < 1.29 is 18.4 Å². The van der Waals surface area contributed by atoms with E-state index in [1.165, 1.54) is 37.1 Å². The molecule has 0 saturated carbocycles. The van der Waals surface area contributed by atoms with Crippen LogP contribution >= 0.6 is 0 Å². The smallest absolute Gasteiger partial charge is 0.261 e. The van der Waals surface area contributed by atoms with Crippen molar-refractivity contribution in [2.24, 2.45) is 0 Å². The van der Waals surface area contributed by atoms with Crippen molar-refractivity contribution >= 4 is 17.5 Å². The van der Waals surface area contributed by atoms with Gasteiger partial charge < -0.3 is 10.6 Å². The quantitative estimate of drug-likeness (QED) is 0.898. The van der Waals surface area contributed by atoms with E-state index >= 15 is 0 Å². The van der Waals surface area contributed by atoms with Gasteiger partial charge in [-0.1, -0.05) is 6.07 Å². The van der Waals surface area contributed by atoms with Crippen LogP contribution in [0.4, 0.5) is 14.5 Å². The molecule has 116 valence electrons. The molecular formula is C14H14F2N4O2. The molecule has 2 aromatic rings. The molecule has 2 N–H and O–H groups in total. The minimum absolute atomic E-state index is 0.0282. The van der Waals surface area contributed by atoms with E-state index in [4.69, 9.17) is 0 Å². The van der Waals surface area contributed by atoms with Crippen LogP contribution in [0.2, 0.25) is 0 Å². The number of benzene rings is 1. The van der Waals surface area contributed by atoms with E-state index in [1.54, 1.807) is 0 Å². The first-order chi connectivity index (χ1) is 10.4. The monoisotopic (exact) mass is 308 g/mol. The Morgan fingerprint density at radius 2 is 2.05 bits per heavy atom. The van der Waals surface area contributed by atoms with Crippen LogP contribution in [-0.2, 0) is 11.3 Å². The average molecular weight is 308 g/mol. The SMILES string of the molecule is CNC(=O)Cn1cc(NC(=O)c2c(F)ccc(C)c2F)cn1. The number of aromatic nitrogens is 2. The fourth-order valence-electron chi connectivity index (χ4n) is 1.80. The second-order valence-electron chi connectivity index (χ2n) is 4.61. The van der Waals surface area contributed by atoms with E-state index in [0.717, 1.165) is 6.07 Å². The van der Waals surface area contributed by atoms with Crippen molar-refractivity contribution in [3.8, 4) is 0 Å². The Labute approximate surface area is 125 Å². The summed E-state index contributed by atoms with van der Waals surface area (Å²) in [6.07, 6.45) is 2.67. The number of rotatable bonds is 4. The molecule has 1 aromatic carbocycles. The van der Waals surface area contributed by atoms with E-state index < -0.39 is 23.1 Å². The van der Waals surface area contributed by atoms with Crippen LogP contribution in [0.5, 0.6) is 0 Å². The van der Waals surface area contributed by atoms with Gasteiger partial charge in [0, 0.05) is 13.2 Å². The van der Waals surface area contributed by atoms with Crippen LogP contribution in [0, 0.1) is 18.6 Å². The number of carbonyl (C=O) groups excluding carboxylic acids is 2. The molecule has 2 amide bonds. The summed E-state index contributed by atoms with van der Waals surface area (Å²) >= 11 is 0. The van der Waals surface area contributed by atoms with Gasteiger partial charge in [0.15, 0.2) is 0 Å². The number of nitrogens with one attached hydrogen (secondary N) is 2. The van der Waals surface area contributed by atoms with Crippen LogP contribution in [0.3, 0.4) is 0 Å². The molecule has 1 aromatic heterocycles. The van der Waals surface area contributed by atoms with Crippen molar-refractivity contribution in [1.82, 2.24) is 15.1 Å². The minimum Gasteiger partial charge on any atom is -0.358 e. The number of anilines is 1. The summed E-state index contributed by atoms with van der Waals surface area (Å²) in [7, 11) is 1.48. The van der Waals surface area contributed by atoms with Gasteiger partial charge in [0.25, 0.3) is 5.91 Å². The maximum Gasteiger partial charge on any atom is 0.261 e. The van der Waals surface area contributed by atoms with Crippen LogP contribution in [0.15, 0.2) is 24.5 Å². The average Bonchev–Trinajstić information content (AvgIpc) is 2.90. The Hall–Kier alpha value is -2.77. The zero-order chi connectivity index (χ0) is 16.3. The zero-order valence-electron chi connectivity index (χ0n) is 12.0. The number of hydrogen-bond donors (Lipinski definition) is 2. The van der Waals surface area contributed by atoms with Gasteiger partial charge in [0.1, 0.15) is 23.7 Å². The standard InChI is InChI=1S/C14H14F2N4O2/c1-8-3-4-10(15)12(13(8)16)14(22)19-9-5-18-20(6-9)7-11(21)17-2/h3-6H,7H2,1-2H3,(H,17,21)(H,19,22).